The highest BCUT2D eigenvalue weighted by molar-refractivity contribution is 4.80. The number of unbranched alkanes of at least 4 members (excludes halogenated alkanes) is 1. The maximum absolute atomic E-state index is 2.47. The molecule has 0 aromatic carbocycles. The summed E-state index contributed by atoms with van der Waals surface area (Å²) in [4.78, 5) is 0. The maximum atomic E-state index is 2.47. The summed E-state index contributed by atoms with van der Waals surface area (Å²) in [5.41, 5.74) is 0. The van der Waals surface area contributed by atoms with Crippen LogP contribution in [0.3, 0.4) is 0 Å². The molecular weight excluding hydrogens is 204 g/mol. The van der Waals surface area contributed by atoms with Crippen LogP contribution in [0.15, 0.2) is 0 Å². The molecule has 0 bridgehead atoms. The molecule has 0 heterocycles. The second-order valence-corrected chi connectivity index (χ2v) is 6.97. The Morgan fingerprint density at radius 1 is 0.706 bits per heavy atom. The molecule has 104 valence electrons. The summed E-state index contributed by atoms with van der Waals surface area (Å²) in [5.74, 6) is 5.11. The van der Waals surface area contributed by atoms with Crippen molar-refractivity contribution in [3.05, 3.63) is 0 Å². The molecule has 0 amide bonds. The summed E-state index contributed by atoms with van der Waals surface area (Å²) in [5, 5.41) is 0. The van der Waals surface area contributed by atoms with Crippen molar-refractivity contribution in [2.24, 2.45) is 35.5 Å². The minimum Gasteiger partial charge on any atom is -0.0654 e. The van der Waals surface area contributed by atoms with Crippen molar-refractivity contribution in [3.8, 4) is 0 Å². The standard InChI is InChI=1S/C17H36/c1-9-10-11-16(15(8)12(2)3)17(13(4)5)14(6)7/h12-17H,9-11H2,1-8H3. The Morgan fingerprint density at radius 3 is 1.47 bits per heavy atom. The summed E-state index contributed by atoms with van der Waals surface area (Å²) in [6.07, 6.45) is 4.17. The smallest absolute Gasteiger partial charge is 0.0337 e. The quantitative estimate of drug-likeness (QED) is 0.487. The molecule has 2 unspecified atom stereocenters. The molecule has 0 aliphatic rings. The van der Waals surface area contributed by atoms with E-state index in [1.807, 2.05) is 0 Å². The van der Waals surface area contributed by atoms with E-state index in [-0.39, 0.29) is 0 Å². The van der Waals surface area contributed by atoms with Gasteiger partial charge in [-0.05, 0) is 41.9 Å². The average Bonchev–Trinajstić information content (AvgIpc) is 2.21. The normalized spacial score (nSPS) is 16.2. The molecule has 0 aliphatic carbocycles. The highest BCUT2D eigenvalue weighted by Gasteiger charge is 2.31. The van der Waals surface area contributed by atoms with Gasteiger partial charge in [-0.25, -0.2) is 0 Å². The lowest BCUT2D eigenvalue weighted by Gasteiger charge is -2.39. The van der Waals surface area contributed by atoms with E-state index >= 15 is 0 Å². The van der Waals surface area contributed by atoms with Crippen LogP contribution in [-0.4, -0.2) is 0 Å². The lowest BCUT2D eigenvalue weighted by Crippen LogP contribution is -2.32. The molecule has 17 heavy (non-hydrogen) atoms. The third kappa shape index (κ3) is 5.44. The monoisotopic (exact) mass is 240 g/mol. The highest BCUT2D eigenvalue weighted by atomic mass is 14.4. The Kier molecular flexibility index (Phi) is 8.16. The Labute approximate surface area is 111 Å². The van der Waals surface area contributed by atoms with Crippen molar-refractivity contribution in [1.82, 2.24) is 0 Å². The molecule has 0 saturated carbocycles. The van der Waals surface area contributed by atoms with Crippen LogP contribution in [0, 0.1) is 35.5 Å². The molecular formula is C17H36. The van der Waals surface area contributed by atoms with Crippen LogP contribution in [0.25, 0.3) is 0 Å². The summed E-state index contributed by atoms with van der Waals surface area (Å²) >= 11 is 0. The third-order valence-corrected chi connectivity index (χ3v) is 4.65. The van der Waals surface area contributed by atoms with E-state index in [0.717, 1.165) is 35.5 Å². The zero-order chi connectivity index (χ0) is 13.6. The first-order valence-electron chi connectivity index (χ1n) is 7.82. The highest BCUT2D eigenvalue weighted by Crippen LogP contribution is 2.39. The molecule has 2 atom stereocenters. The Morgan fingerprint density at radius 2 is 1.18 bits per heavy atom. The van der Waals surface area contributed by atoms with Crippen LogP contribution in [0.4, 0.5) is 0 Å². The minimum atomic E-state index is 0.817. The zero-order valence-corrected chi connectivity index (χ0v) is 13.6. The van der Waals surface area contributed by atoms with Crippen molar-refractivity contribution in [1.29, 1.82) is 0 Å². The van der Waals surface area contributed by atoms with Crippen molar-refractivity contribution >= 4 is 0 Å². The zero-order valence-electron chi connectivity index (χ0n) is 13.6. The van der Waals surface area contributed by atoms with Gasteiger partial charge in [0.15, 0.2) is 0 Å². The van der Waals surface area contributed by atoms with E-state index in [1.54, 1.807) is 0 Å². The van der Waals surface area contributed by atoms with Crippen LogP contribution in [0.1, 0.15) is 74.7 Å². The van der Waals surface area contributed by atoms with Crippen LogP contribution in [-0.2, 0) is 0 Å². The first kappa shape index (κ1) is 17.0. The molecule has 0 saturated heterocycles. The van der Waals surface area contributed by atoms with Gasteiger partial charge in [-0.2, -0.15) is 0 Å². The van der Waals surface area contributed by atoms with Crippen LogP contribution in [0.2, 0.25) is 0 Å². The topological polar surface area (TPSA) is 0 Å². The van der Waals surface area contributed by atoms with Crippen LogP contribution >= 0.6 is 0 Å². The van der Waals surface area contributed by atoms with Gasteiger partial charge in [0.1, 0.15) is 0 Å². The molecule has 0 nitrogen and oxygen atoms in total. The lowest BCUT2D eigenvalue weighted by atomic mass is 9.67. The first-order valence-corrected chi connectivity index (χ1v) is 7.82. The first-order chi connectivity index (χ1) is 7.82. The van der Waals surface area contributed by atoms with Crippen LogP contribution < -0.4 is 0 Å². The Hall–Kier alpha value is 0. The van der Waals surface area contributed by atoms with Gasteiger partial charge in [0.05, 0.1) is 0 Å². The van der Waals surface area contributed by atoms with Gasteiger partial charge in [-0.3, -0.25) is 0 Å². The summed E-state index contributed by atoms with van der Waals surface area (Å²) in [7, 11) is 0. The van der Waals surface area contributed by atoms with Crippen molar-refractivity contribution in [2.45, 2.75) is 74.7 Å². The largest absolute Gasteiger partial charge is 0.0654 e. The lowest BCUT2D eigenvalue weighted by molar-refractivity contribution is 0.102. The van der Waals surface area contributed by atoms with Gasteiger partial charge in [0.2, 0.25) is 0 Å². The SMILES string of the molecule is CCCCC(C(C)C(C)C)C(C(C)C)C(C)C. The molecule has 0 radical (unpaired) electrons. The summed E-state index contributed by atoms with van der Waals surface area (Å²) in [6, 6.07) is 0. The van der Waals surface area contributed by atoms with Gasteiger partial charge in [0.25, 0.3) is 0 Å². The third-order valence-electron chi connectivity index (χ3n) is 4.65. The van der Waals surface area contributed by atoms with E-state index in [9.17, 15) is 0 Å². The molecule has 0 fully saturated rings. The molecule has 0 spiro atoms. The molecule has 0 N–H and O–H groups in total. The molecule has 0 rings (SSSR count). The van der Waals surface area contributed by atoms with Crippen molar-refractivity contribution < 1.29 is 0 Å². The van der Waals surface area contributed by atoms with E-state index in [2.05, 4.69) is 55.4 Å². The number of hydrogen-bond donors (Lipinski definition) is 0. The predicted octanol–water partition coefficient (Wildman–Crippen LogP) is 6.01. The Bertz CT molecular complexity index is 170. The number of hydrogen-bond acceptors (Lipinski definition) is 0. The predicted molar refractivity (Wildman–Crippen MR) is 80.2 cm³/mol. The van der Waals surface area contributed by atoms with Gasteiger partial charge in [-0.1, -0.05) is 68.2 Å². The molecule has 0 aromatic heterocycles. The second-order valence-electron chi connectivity index (χ2n) is 6.97. The van der Waals surface area contributed by atoms with E-state index in [1.165, 1.54) is 19.3 Å². The summed E-state index contributed by atoms with van der Waals surface area (Å²) in [6.45, 7) is 19.2. The maximum Gasteiger partial charge on any atom is -0.0337 e. The molecule has 0 heteroatoms. The van der Waals surface area contributed by atoms with Gasteiger partial charge in [0, 0.05) is 0 Å². The van der Waals surface area contributed by atoms with E-state index in [0.29, 0.717) is 0 Å². The van der Waals surface area contributed by atoms with Crippen molar-refractivity contribution in [3.63, 3.8) is 0 Å². The fourth-order valence-corrected chi connectivity index (χ4v) is 3.50. The molecule has 0 aliphatic heterocycles. The number of rotatable bonds is 8. The van der Waals surface area contributed by atoms with Crippen molar-refractivity contribution in [2.75, 3.05) is 0 Å². The fourth-order valence-electron chi connectivity index (χ4n) is 3.50. The van der Waals surface area contributed by atoms with Gasteiger partial charge >= 0.3 is 0 Å². The van der Waals surface area contributed by atoms with Crippen LogP contribution in [0.5, 0.6) is 0 Å². The van der Waals surface area contributed by atoms with E-state index in [4.69, 9.17) is 0 Å². The fraction of sp³-hybridized carbons (Fsp3) is 1.00. The second kappa shape index (κ2) is 8.16. The van der Waals surface area contributed by atoms with E-state index < -0.39 is 0 Å². The molecule has 0 aromatic rings. The summed E-state index contributed by atoms with van der Waals surface area (Å²) < 4.78 is 0. The Balaban J connectivity index is 4.84. The van der Waals surface area contributed by atoms with Gasteiger partial charge < -0.3 is 0 Å². The van der Waals surface area contributed by atoms with Gasteiger partial charge in [-0.15, -0.1) is 0 Å². The average molecular weight is 240 g/mol. The minimum absolute atomic E-state index is 0.817.